The number of benzene rings is 2. The highest BCUT2D eigenvalue weighted by Gasteiger charge is 2.17. The van der Waals surface area contributed by atoms with Gasteiger partial charge in [-0.25, -0.2) is 0 Å². The van der Waals surface area contributed by atoms with Crippen LogP contribution < -0.4 is 5.32 Å². The van der Waals surface area contributed by atoms with Gasteiger partial charge in [-0.15, -0.1) is 0 Å². The molecule has 0 unspecified atom stereocenters. The third-order valence-corrected chi connectivity index (χ3v) is 2.72. The summed E-state index contributed by atoms with van der Waals surface area (Å²) in [5, 5.41) is 2.09. The summed E-state index contributed by atoms with van der Waals surface area (Å²) in [5.74, 6) is -2.10. The number of carbonyl (C=O) groups is 3. The molecule has 2 amide bonds. The number of imide groups is 1. The Morgan fingerprint density at radius 1 is 0.800 bits per heavy atom. The van der Waals surface area contributed by atoms with Crippen LogP contribution in [0.1, 0.15) is 15.9 Å². The number of rotatable bonds is 4. The number of nitrogens with one attached hydrogen (secondary N) is 1. The Hall–Kier alpha value is -2.75. The number of amides is 2. The van der Waals surface area contributed by atoms with Crippen molar-refractivity contribution in [3.63, 3.8) is 0 Å². The zero-order valence-electron chi connectivity index (χ0n) is 10.7. The topological polar surface area (TPSA) is 63.2 Å². The summed E-state index contributed by atoms with van der Waals surface area (Å²) in [6.07, 6.45) is -0.0191. The molecule has 0 saturated carbocycles. The minimum atomic E-state index is -0.886. The number of Topliss-reactive ketones (excluding diaryl/α,β-unsaturated/α-hetero) is 1. The summed E-state index contributed by atoms with van der Waals surface area (Å²) in [5.41, 5.74) is 1.08. The van der Waals surface area contributed by atoms with E-state index < -0.39 is 17.6 Å². The van der Waals surface area contributed by atoms with Crippen molar-refractivity contribution in [1.29, 1.82) is 0 Å². The maximum atomic E-state index is 11.7. The highest BCUT2D eigenvalue weighted by atomic mass is 16.2. The molecule has 0 aliphatic heterocycles. The second-order valence-corrected chi connectivity index (χ2v) is 4.23. The minimum absolute atomic E-state index is 0.0191. The minimum Gasteiger partial charge on any atom is -0.288 e. The fourth-order valence-electron chi connectivity index (χ4n) is 1.70. The normalized spacial score (nSPS) is 9.80. The molecular weight excluding hydrogens is 254 g/mol. The van der Waals surface area contributed by atoms with Crippen LogP contribution in [0.25, 0.3) is 0 Å². The third kappa shape index (κ3) is 3.62. The van der Waals surface area contributed by atoms with E-state index >= 15 is 0 Å². The summed E-state index contributed by atoms with van der Waals surface area (Å²) < 4.78 is 0. The van der Waals surface area contributed by atoms with Crippen LogP contribution in [0.4, 0.5) is 0 Å². The van der Waals surface area contributed by atoms with Crippen LogP contribution in [0.15, 0.2) is 60.7 Å². The predicted octanol–water partition coefficient (Wildman–Crippen LogP) is 1.75. The molecule has 0 aliphatic rings. The molecule has 2 aromatic carbocycles. The van der Waals surface area contributed by atoms with E-state index in [4.69, 9.17) is 0 Å². The van der Waals surface area contributed by atoms with Crippen LogP contribution in [-0.4, -0.2) is 17.6 Å². The second kappa shape index (κ2) is 6.43. The molecule has 0 aliphatic carbocycles. The van der Waals surface area contributed by atoms with E-state index in [1.54, 1.807) is 54.6 Å². The molecule has 0 atom stereocenters. The van der Waals surface area contributed by atoms with Gasteiger partial charge in [0.1, 0.15) is 0 Å². The van der Waals surface area contributed by atoms with Crippen LogP contribution in [0.3, 0.4) is 0 Å². The lowest BCUT2D eigenvalue weighted by atomic mass is 10.1. The zero-order chi connectivity index (χ0) is 14.4. The average Bonchev–Trinajstić information content (AvgIpc) is 2.49. The van der Waals surface area contributed by atoms with Crippen LogP contribution in [0.2, 0.25) is 0 Å². The lowest BCUT2D eigenvalue weighted by molar-refractivity contribution is -0.136. The van der Waals surface area contributed by atoms with Crippen molar-refractivity contribution in [2.24, 2.45) is 0 Å². The van der Waals surface area contributed by atoms with E-state index in [1.807, 2.05) is 6.07 Å². The molecule has 100 valence electrons. The summed E-state index contributed by atoms with van der Waals surface area (Å²) >= 11 is 0. The highest BCUT2D eigenvalue weighted by molar-refractivity contribution is 6.39. The van der Waals surface area contributed by atoms with Crippen molar-refractivity contribution in [3.8, 4) is 0 Å². The number of carbonyl (C=O) groups excluding carboxylic acids is 3. The number of ketones is 1. The molecule has 0 heterocycles. The maximum absolute atomic E-state index is 11.7. The quantitative estimate of drug-likeness (QED) is 0.858. The average molecular weight is 267 g/mol. The van der Waals surface area contributed by atoms with Gasteiger partial charge < -0.3 is 0 Å². The first-order valence-electron chi connectivity index (χ1n) is 6.14. The standard InChI is InChI=1S/C16H13NO3/c18-14(11-12-7-3-1-4-8-12)16(20)17-15(19)13-9-5-2-6-10-13/h1-10H,11H2,(H,17,19,20). The van der Waals surface area contributed by atoms with Crippen molar-refractivity contribution in [1.82, 2.24) is 5.32 Å². The third-order valence-electron chi connectivity index (χ3n) is 2.72. The van der Waals surface area contributed by atoms with E-state index in [9.17, 15) is 14.4 Å². The Morgan fingerprint density at radius 3 is 1.95 bits per heavy atom. The van der Waals surface area contributed by atoms with Crippen LogP contribution in [0.5, 0.6) is 0 Å². The van der Waals surface area contributed by atoms with Gasteiger partial charge in [0, 0.05) is 12.0 Å². The van der Waals surface area contributed by atoms with Crippen molar-refractivity contribution in [2.45, 2.75) is 6.42 Å². The van der Waals surface area contributed by atoms with E-state index in [0.717, 1.165) is 5.56 Å². The SMILES string of the molecule is O=C(Cc1ccccc1)C(=O)NC(=O)c1ccccc1. The van der Waals surface area contributed by atoms with Crippen LogP contribution in [-0.2, 0) is 16.0 Å². The molecule has 20 heavy (non-hydrogen) atoms. The van der Waals surface area contributed by atoms with Gasteiger partial charge in [0.2, 0.25) is 5.78 Å². The highest BCUT2D eigenvalue weighted by Crippen LogP contribution is 2.01. The van der Waals surface area contributed by atoms with Gasteiger partial charge in [0.15, 0.2) is 0 Å². The number of hydrogen-bond acceptors (Lipinski definition) is 3. The molecule has 4 heteroatoms. The molecule has 0 bridgehead atoms. The lowest BCUT2D eigenvalue weighted by Crippen LogP contribution is -2.36. The first-order valence-corrected chi connectivity index (χ1v) is 6.14. The fourth-order valence-corrected chi connectivity index (χ4v) is 1.70. The van der Waals surface area contributed by atoms with Gasteiger partial charge in [-0.05, 0) is 17.7 Å². The molecule has 0 spiro atoms. The Balaban J connectivity index is 1.95. The zero-order valence-corrected chi connectivity index (χ0v) is 10.7. The monoisotopic (exact) mass is 267 g/mol. The molecule has 2 aromatic rings. The molecule has 0 saturated heterocycles. The Morgan fingerprint density at radius 2 is 1.35 bits per heavy atom. The first kappa shape index (κ1) is 13.7. The molecule has 4 nitrogen and oxygen atoms in total. The van der Waals surface area contributed by atoms with Crippen molar-refractivity contribution in [2.75, 3.05) is 0 Å². The fraction of sp³-hybridized carbons (Fsp3) is 0.0625. The van der Waals surface area contributed by atoms with Crippen molar-refractivity contribution >= 4 is 17.6 Å². The van der Waals surface area contributed by atoms with Crippen LogP contribution >= 0.6 is 0 Å². The van der Waals surface area contributed by atoms with Gasteiger partial charge in [0.25, 0.3) is 11.8 Å². The first-order chi connectivity index (χ1) is 9.66. The smallest absolute Gasteiger partial charge is 0.288 e. The lowest BCUT2D eigenvalue weighted by Gasteiger charge is -2.03. The molecule has 1 N–H and O–H groups in total. The summed E-state index contributed by atoms with van der Waals surface area (Å²) in [7, 11) is 0. The van der Waals surface area contributed by atoms with Crippen molar-refractivity contribution in [3.05, 3.63) is 71.8 Å². The molecule has 0 aromatic heterocycles. The molecule has 0 fully saturated rings. The summed E-state index contributed by atoms with van der Waals surface area (Å²) in [6.45, 7) is 0. The van der Waals surface area contributed by atoms with E-state index in [-0.39, 0.29) is 6.42 Å². The predicted molar refractivity (Wildman–Crippen MR) is 74.1 cm³/mol. The maximum Gasteiger partial charge on any atom is 0.294 e. The van der Waals surface area contributed by atoms with Gasteiger partial charge in [-0.2, -0.15) is 0 Å². The summed E-state index contributed by atoms with van der Waals surface area (Å²) in [6, 6.07) is 17.2. The van der Waals surface area contributed by atoms with Gasteiger partial charge >= 0.3 is 0 Å². The Labute approximate surface area is 116 Å². The van der Waals surface area contributed by atoms with Gasteiger partial charge in [-0.3, -0.25) is 19.7 Å². The molecular formula is C16H13NO3. The van der Waals surface area contributed by atoms with Crippen molar-refractivity contribution < 1.29 is 14.4 Å². The van der Waals surface area contributed by atoms with E-state index in [2.05, 4.69) is 5.32 Å². The molecule has 0 radical (unpaired) electrons. The van der Waals surface area contributed by atoms with E-state index in [1.165, 1.54) is 0 Å². The Kier molecular flexibility index (Phi) is 4.39. The largest absolute Gasteiger partial charge is 0.294 e. The number of hydrogen-bond donors (Lipinski definition) is 1. The van der Waals surface area contributed by atoms with Crippen LogP contribution in [0, 0.1) is 0 Å². The second-order valence-electron chi connectivity index (χ2n) is 4.23. The Bertz CT molecular complexity index is 621. The van der Waals surface area contributed by atoms with E-state index in [0.29, 0.717) is 5.56 Å². The van der Waals surface area contributed by atoms with Gasteiger partial charge in [-0.1, -0.05) is 48.5 Å². The summed E-state index contributed by atoms with van der Waals surface area (Å²) in [4.78, 5) is 35.1. The van der Waals surface area contributed by atoms with Gasteiger partial charge in [0.05, 0.1) is 0 Å². The molecule has 2 rings (SSSR count).